The van der Waals surface area contributed by atoms with Crippen molar-refractivity contribution in [2.75, 3.05) is 0 Å². The number of halogens is 5. The number of Topliss-reactive ketones (excluding diaryl/α,β-unsaturated/α-hetero) is 1. The lowest BCUT2D eigenvalue weighted by Gasteiger charge is -2.62. The van der Waals surface area contributed by atoms with Crippen LogP contribution in [0.3, 0.4) is 0 Å². The molecule has 9 atom stereocenters. The van der Waals surface area contributed by atoms with Crippen LogP contribution >= 0.6 is 0 Å². The average molecular weight is 579 g/mol. The van der Waals surface area contributed by atoms with Gasteiger partial charge >= 0.3 is 18.1 Å². The molecular formula is C31H47F5O4. The molecule has 0 spiro atoms. The first kappa shape index (κ1) is 31.7. The molecule has 4 nitrogen and oxygen atoms in total. The molecule has 40 heavy (non-hydrogen) atoms. The smallest absolute Gasteiger partial charge is 0.453 e. The largest absolute Gasteiger partial charge is 0.481 e. The molecule has 0 radical (unpaired) electrons. The van der Waals surface area contributed by atoms with Crippen molar-refractivity contribution in [2.45, 2.75) is 135 Å². The quantitative estimate of drug-likeness (QED) is 0.191. The molecular weight excluding hydrogens is 531 g/mol. The molecule has 4 saturated carbocycles. The number of carbonyl (C=O) groups excluding carboxylic acids is 1. The zero-order valence-corrected chi connectivity index (χ0v) is 24.0. The summed E-state index contributed by atoms with van der Waals surface area (Å²) >= 11 is 0. The number of aliphatic hydroxyl groups is 1. The number of unbranched alkanes of at least 4 members (excludes halogenated alkanes) is 2. The van der Waals surface area contributed by atoms with Crippen molar-refractivity contribution in [3.63, 3.8) is 0 Å². The highest BCUT2D eigenvalue weighted by molar-refractivity contribution is 5.79. The van der Waals surface area contributed by atoms with Gasteiger partial charge in [0, 0.05) is 19.3 Å². The van der Waals surface area contributed by atoms with E-state index < -0.39 is 36.8 Å². The number of carbonyl (C=O) groups is 2. The van der Waals surface area contributed by atoms with Crippen LogP contribution in [0, 0.1) is 46.3 Å². The maximum absolute atomic E-state index is 13.2. The average Bonchev–Trinajstić information content (AvgIpc) is 3.15. The minimum absolute atomic E-state index is 0.0909. The lowest BCUT2D eigenvalue weighted by Crippen LogP contribution is -2.57. The van der Waals surface area contributed by atoms with E-state index in [1.165, 1.54) is 0 Å². The molecule has 0 amide bonds. The van der Waals surface area contributed by atoms with Crippen LogP contribution in [0.1, 0.15) is 117 Å². The van der Waals surface area contributed by atoms with Gasteiger partial charge in [-0.15, -0.1) is 0 Å². The molecule has 0 aromatic heterocycles. The highest BCUT2D eigenvalue weighted by Gasteiger charge is 2.62. The molecule has 4 aliphatic rings. The Balaban J connectivity index is 1.34. The Morgan fingerprint density at radius 1 is 0.975 bits per heavy atom. The second kappa shape index (κ2) is 11.8. The molecule has 9 heteroatoms. The van der Waals surface area contributed by atoms with Crippen molar-refractivity contribution < 1.29 is 41.8 Å². The van der Waals surface area contributed by atoms with Crippen LogP contribution in [0.25, 0.3) is 0 Å². The predicted molar refractivity (Wildman–Crippen MR) is 141 cm³/mol. The fourth-order valence-corrected chi connectivity index (χ4v) is 9.78. The van der Waals surface area contributed by atoms with Gasteiger partial charge in [-0.05, 0) is 98.2 Å². The highest BCUT2D eigenvalue weighted by atomic mass is 19.4. The number of ketones is 1. The zero-order chi connectivity index (χ0) is 29.5. The molecule has 0 saturated heterocycles. The van der Waals surface area contributed by atoms with Crippen LogP contribution in [-0.2, 0) is 9.59 Å². The molecule has 0 aromatic rings. The van der Waals surface area contributed by atoms with Crippen molar-refractivity contribution in [1.82, 2.24) is 0 Å². The summed E-state index contributed by atoms with van der Waals surface area (Å²) < 4.78 is 63.7. The van der Waals surface area contributed by atoms with Crippen molar-refractivity contribution in [1.29, 1.82) is 0 Å². The number of rotatable bonds is 11. The van der Waals surface area contributed by atoms with E-state index in [0.29, 0.717) is 54.6 Å². The second-order valence-corrected chi connectivity index (χ2v) is 14.1. The fraction of sp³-hybridized carbons (Fsp3) is 0.935. The molecule has 0 aromatic carbocycles. The Hall–Kier alpha value is -1.25. The molecule has 1 unspecified atom stereocenters. The van der Waals surface area contributed by atoms with Crippen molar-refractivity contribution in [2.24, 2.45) is 46.3 Å². The summed E-state index contributed by atoms with van der Waals surface area (Å²) in [6.45, 7) is 4.67. The Labute approximate surface area is 234 Å². The summed E-state index contributed by atoms with van der Waals surface area (Å²) in [5.74, 6) is -4.04. The van der Waals surface area contributed by atoms with E-state index in [9.17, 15) is 41.8 Å². The molecule has 0 heterocycles. The number of hydrogen-bond donors (Lipinski definition) is 2. The van der Waals surface area contributed by atoms with Gasteiger partial charge in [-0.25, -0.2) is 0 Å². The van der Waals surface area contributed by atoms with E-state index in [4.69, 9.17) is 0 Å². The molecule has 0 bridgehead atoms. The number of fused-ring (bicyclic) bond motifs is 5. The van der Waals surface area contributed by atoms with Gasteiger partial charge < -0.3 is 10.2 Å². The molecule has 230 valence electrons. The number of carboxylic acid groups (broad SMARTS) is 1. The van der Waals surface area contributed by atoms with Crippen molar-refractivity contribution >= 4 is 11.8 Å². The Bertz CT molecular complexity index is 922. The lowest BCUT2D eigenvalue weighted by atomic mass is 9.42. The molecule has 4 aliphatic carbocycles. The van der Waals surface area contributed by atoms with Gasteiger partial charge in [0.15, 0.2) is 0 Å². The summed E-state index contributed by atoms with van der Waals surface area (Å²) in [5, 5.41) is 20.5. The Morgan fingerprint density at radius 3 is 2.35 bits per heavy atom. The topological polar surface area (TPSA) is 74.6 Å². The third-order valence-electron chi connectivity index (χ3n) is 11.9. The zero-order valence-electron chi connectivity index (χ0n) is 24.0. The Morgan fingerprint density at radius 2 is 1.68 bits per heavy atom. The van der Waals surface area contributed by atoms with E-state index in [-0.39, 0.29) is 29.8 Å². The van der Waals surface area contributed by atoms with E-state index in [0.717, 1.165) is 57.8 Å². The summed E-state index contributed by atoms with van der Waals surface area (Å²) in [7, 11) is 0. The van der Waals surface area contributed by atoms with Gasteiger partial charge in [-0.1, -0.05) is 39.5 Å². The fourth-order valence-electron chi connectivity index (χ4n) is 9.78. The standard InChI is InChI=1S/C31H47F5O4/c1-28-16-14-22(37)17-21(28)10-11-23-24-12-13-25(38)29(24,2)18-20(26(23)28)8-5-3-4-7-19(27(39)40)9-6-15-30(32,33)31(34,35)36/h19-21,23-26,38H,3-18H2,1-2H3,(H,39,40)/t19?,20-,21-,23-,24-,25-,26-,28-,29-/m0/s1. The molecule has 2 N–H and O–H groups in total. The number of hydrogen-bond acceptors (Lipinski definition) is 3. The van der Waals surface area contributed by atoms with E-state index in [1.54, 1.807) is 0 Å². The van der Waals surface area contributed by atoms with Gasteiger partial charge in [-0.3, -0.25) is 9.59 Å². The number of alkyl halides is 5. The van der Waals surface area contributed by atoms with Gasteiger partial charge in [0.2, 0.25) is 0 Å². The van der Waals surface area contributed by atoms with Gasteiger partial charge in [0.25, 0.3) is 0 Å². The van der Waals surface area contributed by atoms with Gasteiger partial charge in [-0.2, -0.15) is 22.0 Å². The van der Waals surface area contributed by atoms with Crippen LogP contribution < -0.4 is 0 Å². The van der Waals surface area contributed by atoms with Gasteiger partial charge in [0.05, 0.1) is 12.0 Å². The second-order valence-electron chi connectivity index (χ2n) is 14.1. The normalized spacial score (nSPS) is 38.9. The lowest BCUT2D eigenvalue weighted by molar-refractivity contribution is -0.284. The number of aliphatic carboxylic acids is 1. The first-order chi connectivity index (χ1) is 18.6. The Kier molecular flexibility index (Phi) is 9.34. The van der Waals surface area contributed by atoms with Crippen LogP contribution in [-0.4, -0.2) is 40.2 Å². The maximum Gasteiger partial charge on any atom is 0.453 e. The van der Waals surface area contributed by atoms with Gasteiger partial charge in [0.1, 0.15) is 5.78 Å². The third-order valence-corrected chi connectivity index (χ3v) is 11.9. The summed E-state index contributed by atoms with van der Waals surface area (Å²) in [6, 6.07) is 0. The highest BCUT2D eigenvalue weighted by Crippen LogP contribution is 2.68. The van der Waals surface area contributed by atoms with Crippen molar-refractivity contribution in [3.8, 4) is 0 Å². The number of carboxylic acids is 1. The molecule has 0 aliphatic heterocycles. The van der Waals surface area contributed by atoms with E-state index in [1.807, 2.05) is 0 Å². The minimum atomic E-state index is -5.61. The monoisotopic (exact) mass is 578 g/mol. The minimum Gasteiger partial charge on any atom is -0.481 e. The van der Waals surface area contributed by atoms with Crippen LogP contribution in [0.4, 0.5) is 22.0 Å². The predicted octanol–water partition coefficient (Wildman–Crippen LogP) is 8.20. The van der Waals surface area contributed by atoms with Crippen molar-refractivity contribution in [3.05, 3.63) is 0 Å². The van der Waals surface area contributed by atoms with Crippen LogP contribution in [0.5, 0.6) is 0 Å². The SMILES string of the molecule is C[C@]12CCC(=O)C[C@@H]1CC[C@@H]1[C@@H]2[C@@H](CCCCCC(CCCC(F)(F)C(F)(F)F)C(=O)O)C[C@]2(C)[C@@H](O)CC[C@@H]12. The first-order valence-corrected chi connectivity index (χ1v) is 15.5. The van der Waals surface area contributed by atoms with Crippen LogP contribution in [0.15, 0.2) is 0 Å². The van der Waals surface area contributed by atoms with E-state index in [2.05, 4.69) is 13.8 Å². The molecule has 4 rings (SSSR count). The summed E-state index contributed by atoms with van der Waals surface area (Å²) in [4.78, 5) is 23.9. The maximum atomic E-state index is 13.2. The van der Waals surface area contributed by atoms with Crippen LogP contribution in [0.2, 0.25) is 0 Å². The third kappa shape index (κ3) is 6.10. The summed E-state index contributed by atoms with van der Waals surface area (Å²) in [5.41, 5.74) is 0.0373. The first-order valence-electron chi connectivity index (χ1n) is 15.5. The molecule has 4 fully saturated rings. The summed E-state index contributed by atoms with van der Waals surface area (Å²) in [6.07, 6.45) is 2.90. The number of aliphatic hydroxyl groups excluding tert-OH is 1. The van der Waals surface area contributed by atoms with E-state index >= 15 is 0 Å².